The van der Waals surface area contributed by atoms with Crippen LogP contribution in [0.5, 0.6) is 0 Å². The zero-order valence-electron chi connectivity index (χ0n) is 22.5. The van der Waals surface area contributed by atoms with E-state index in [1.165, 1.54) is 6.07 Å². The van der Waals surface area contributed by atoms with Crippen molar-refractivity contribution in [2.45, 2.75) is 51.6 Å². The predicted octanol–water partition coefficient (Wildman–Crippen LogP) is 5.66. The number of hydrogen-bond donors (Lipinski definition) is 1. The molecule has 5 rings (SSSR count). The van der Waals surface area contributed by atoms with Crippen LogP contribution in [-0.4, -0.2) is 60.8 Å². The molecule has 0 spiro atoms. The van der Waals surface area contributed by atoms with Gasteiger partial charge in [0.1, 0.15) is 11.1 Å². The number of carbonyl (C=O) groups excluding carboxylic acids is 1. The van der Waals surface area contributed by atoms with Gasteiger partial charge in [-0.25, -0.2) is 19.2 Å². The number of benzene rings is 2. The van der Waals surface area contributed by atoms with Crippen LogP contribution in [0, 0.1) is 11.7 Å². The predicted molar refractivity (Wildman–Crippen MR) is 151 cm³/mol. The van der Waals surface area contributed by atoms with Crippen molar-refractivity contribution in [3.05, 3.63) is 48.5 Å². The molecule has 4 aromatic rings. The molecule has 0 saturated carbocycles. The third-order valence-electron chi connectivity index (χ3n) is 6.73. The first-order chi connectivity index (χ1) is 17.9. The van der Waals surface area contributed by atoms with E-state index in [0.29, 0.717) is 28.8 Å². The molecule has 3 heterocycles. The first kappa shape index (κ1) is 26.2. The van der Waals surface area contributed by atoms with Gasteiger partial charge in [0.15, 0.2) is 11.6 Å². The van der Waals surface area contributed by atoms with Crippen molar-refractivity contribution in [3.8, 4) is 11.4 Å². The minimum absolute atomic E-state index is 0.0995. The Morgan fingerprint density at radius 3 is 2.63 bits per heavy atom. The molecule has 0 radical (unpaired) electrons. The summed E-state index contributed by atoms with van der Waals surface area (Å²) in [6.45, 7) is 11.1. The van der Waals surface area contributed by atoms with Crippen LogP contribution in [0.3, 0.4) is 0 Å². The van der Waals surface area contributed by atoms with Gasteiger partial charge in [-0.15, -0.1) is 0 Å². The summed E-state index contributed by atoms with van der Waals surface area (Å²) in [4.78, 5) is 26.2. The molecule has 2 aromatic heterocycles. The monoisotopic (exact) mass is 536 g/mol. The van der Waals surface area contributed by atoms with Crippen LogP contribution in [0.25, 0.3) is 33.2 Å². The van der Waals surface area contributed by atoms with Gasteiger partial charge in [-0.2, -0.15) is 17.7 Å². The number of amides is 1. The maximum Gasteiger partial charge on any atom is 0.411 e. The molecule has 1 amide bonds. The summed E-state index contributed by atoms with van der Waals surface area (Å²) in [5.74, 6) is 0.157. The summed E-state index contributed by atoms with van der Waals surface area (Å²) in [5.41, 5.74) is 2.14. The lowest BCUT2D eigenvalue weighted by Crippen LogP contribution is -2.48. The van der Waals surface area contributed by atoms with Gasteiger partial charge in [-0.1, -0.05) is 6.92 Å². The molecule has 10 heteroatoms. The minimum Gasteiger partial charge on any atom is -0.444 e. The minimum atomic E-state index is -0.577. The summed E-state index contributed by atoms with van der Waals surface area (Å²) < 4.78 is 21.9. The number of anilines is 1. The average Bonchev–Trinajstić information content (AvgIpc) is 3.17. The van der Waals surface area contributed by atoms with Gasteiger partial charge in [0.2, 0.25) is 0 Å². The third kappa shape index (κ3) is 5.14. The first-order valence-corrected chi connectivity index (χ1v) is 13.3. The van der Waals surface area contributed by atoms with E-state index in [0.717, 1.165) is 23.1 Å². The number of thiol groups is 1. The van der Waals surface area contributed by atoms with Gasteiger partial charge in [0, 0.05) is 60.5 Å². The third-order valence-corrected chi connectivity index (χ3v) is 7.49. The van der Waals surface area contributed by atoms with E-state index in [2.05, 4.69) is 28.0 Å². The molecule has 1 aliphatic rings. The van der Waals surface area contributed by atoms with Gasteiger partial charge < -0.3 is 9.64 Å². The van der Waals surface area contributed by atoms with E-state index in [1.807, 2.05) is 45.9 Å². The fourth-order valence-corrected chi connectivity index (χ4v) is 5.39. The standard InChI is InChI=1S/C28H33FN6O2S/c1-16-13-34(14-17(2)35(26(16)38)27(36)37-28(3,4)5)21-7-8-23-19(10-21)12-30-25(31-23)18-9-20-15-33(6)32-24(20)22(29)11-18/h7-12,15-17,26,38H,13-14H2,1-6H3/t16-,17-,26?/m0/s1. The molecule has 8 nitrogen and oxygen atoms in total. The highest BCUT2D eigenvalue weighted by molar-refractivity contribution is 7.80. The lowest BCUT2D eigenvalue weighted by Gasteiger charge is -2.35. The highest BCUT2D eigenvalue weighted by Crippen LogP contribution is 2.31. The Bertz CT molecular complexity index is 1520. The van der Waals surface area contributed by atoms with Crippen molar-refractivity contribution in [1.29, 1.82) is 0 Å². The van der Waals surface area contributed by atoms with Crippen molar-refractivity contribution in [3.63, 3.8) is 0 Å². The molecule has 200 valence electrons. The molecule has 0 bridgehead atoms. The van der Waals surface area contributed by atoms with Gasteiger partial charge in [-0.3, -0.25) is 9.58 Å². The summed E-state index contributed by atoms with van der Waals surface area (Å²) in [5, 5.41) is 5.48. The first-order valence-electron chi connectivity index (χ1n) is 12.7. The Morgan fingerprint density at radius 2 is 1.89 bits per heavy atom. The van der Waals surface area contributed by atoms with Crippen LogP contribution in [0.2, 0.25) is 0 Å². The quantitative estimate of drug-likeness (QED) is 0.333. The van der Waals surface area contributed by atoms with Crippen LogP contribution in [-0.2, 0) is 11.8 Å². The molecule has 3 atom stereocenters. The van der Waals surface area contributed by atoms with Gasteiger partial charge >= 0.3 is 6.09 Å². The van der Waals surface area contributed by atoms with Gasteiger partial charge in [-0.05, 0) is 58.0 Å². The van der Waals surface area contributed by atoms with Crippen molar-refractivity contribution < 1.29 is 13.9 Å². The van der Waals surface area contributed by atoms with Crippen molar-refractivity contribution in [2.75, 3.05) is 18.0 Å². The molecule has 0 aliphatic carbocycles. The largest absolute Gasteiger partial charge is 0.444 e. The summed E-state index contributed by atoms with van der Waals surface area (Å²) in [7, 11) is 1.76. The van der Waals surface area contributed by atoms with E-state index in [-0.39, 0.29) is 23.4 Å². The second-order valence-corrected chi connectivity index (χ2v) is 11.7. The Kier molecular flexibility index (Phi) is 6.71. The van der Waals surface area contributed by atoms with Crippen molar-refractivity contribution in [1.82, 2.24) is 24.6 Å². The topological polar surface area (TPSA) is 76.4 Å². The Hall–Kier alpha value is -3.40. The van der Waals surface area contributed by atoms with E-state index in [4.69, 9.17) is 22.3 Å². The molecule has 1 aliphatic heterocycles. The molecule has 1 unspecified atom stereocenters. The van der Waals surface area contributed by atoms with Crippen LogP contribution < -0.4 is 4.90 Å². The maximum absolute atomic E-state index is 14.6. The summed E-state index contributed by atoms with van der Waals surface area (Å²) >= 11 is 4.80. The number of hydrogen-bond acceptors (Lipinski definition) is 7. The number of rotatable bonds is 2. The van der Waals surface area contributed by atoms with E-state index in [1.54, 1.807) is 29.0 Å². The number of fused-ring (bicyclic) bond motifs is 2. The molecule has 1 saturated heterocycles. The van der Waals surface area contributed by atoms with Crippen LogP contribution in [0.4, 0.5) is 14.9 Å². The van der Waals surface area contributed by atoms with Crippen LogP contribution in [0.1, 0.15) is 34.6 Å². The second-order valence-electron chi connectivity index (χ2n) is 11.2. The van der Waals surface area contributed by atoms with E-state index in [9.17, 15) is 9.18 Å². The average molecular weight is 537 g/mol. The lowest BCUT2D eigenvalue weighted by molar-refractivity contribution is 0.0142. The summed E-state index contributed by atoms with van der Waals surface area (Å²) in [6, 6.07) is 9.21. The number of nitrogens with zero attached hydrogens (tertiary/aromatic N) is 6. The number of aromatic nitrogens is 4. The Morgan fingerprint density at radius 1 is 1.13 bits per heavy atom. The second kappa shape index (κ2) is 9.72. The zero-order valence-corrected chi connectivity index (χ0v) is 23.4. The smallest absolute Gasteiger partial charge is 0.411 e. The molecular formula is C28H33FN6O2S. The van der Waals surface area contributed by atoms with Crippen LogP contribution in [0.15, 0.2) is 42.7 Å². The van der Waals surface area contributed by atoms with Gasteiger partial charge in [0.05, 0.1) is 16.9 Å². The lowest BCUT2D eigenvalue weighted by atomic mass is 10.1. The highest BCUT2D eigenvalue weighted by atomic mass is 32.1. The zero-order chi connectivity index (χ0) is 27.4. The summed E-state index contributed by atoms with van der Waals surface area (Å²) in [6.07, 6.45) is 3.20. The van der Waals surface area contributed by atoms with Crippen LogP contribution >= 0.6 is 12.6 Å². The number of ether oxygens (including phenoxy) is 1. The molecule has 1 fully saturated rings. The molecular weight excluding hydrogens is 503 g/mol. The maximum atomic E-state index is 14.6. The van der Waals surface area contributed by atoms with E-state index >= 15 is 0 Å². The molecule has 2 aromatic carbocycles. The Labute approximate surface area is 227 Å². The number of carbonyl (C=O) groups is 1. The molecule has 0 N–H and O–H groups in total. The number of halogens is 1. The van der Waals surface area contributed by atoms with E-state index < -0.39 is 11.4 Å². The fourth-order valence-electron chi connectivity index (χ4n) is 4.97. The fraction of sp³-hybridized carbons (Fsp3) is 0.429. The molecule has 38 heavy (non-hydrogen) atoms. The SMILES string of the molecule is C[C@H]1CN(c2ccc3nc(-c4cc(F)c5nn(C)cc5c4)ncc3c2)C[C@H](C)N(C(=O)OC(C)(C)C)C1S. The highest BCUT2D eigenvalue weighted by Gasteiger charge is 2.37. The number of aryl methyl sites for hydroxylation is 1. The normalized spacial score (nSPS) is 20.7. The van der Waals surface area contributed by atoms with Gasteiger partial charge in [0.25, 0.3) is 0 Å². The van der Waals surface area contributed by atoms with Crippen molar-refractivity contribution >= 4 is 46.2 Å². The Balaban J connectivity index is 1.42. The van der Waals surface area contributed by atoms with Crippen molar-refractivity contribution in [2.24, 2.45) is 13.0 Å².